The smallest absolute Gasteiger partial charge is 0.335 e. The first kappa shape index (κ1) is 16.6. The zero-order chi connectivity index (χ0) is 17.2. The van der Waals surface area contributed by atoms with E-state index in [1.165, 1.54) is 18.2 Å². The Morgan fingerprint density at radius 1 is 1.22 bits per heavy atom. The average Bonchev–Trinajstić information content (AvgIpc) is 2.48. The summed E-state index contributed by atoms with van der Waals surface area (Å²) in [5.41, 5.74) is -1.41. The van der Waals surface area contributed by atoms with Gasteiger partial charge in [-0.1, -0.05) is 18.2 Å². The molecule has 9 heteroatoms. The van der Waals surface area contributed by atoms with Crippen LogP contribution in [-0.2, 0) is 15.6 Å². The Hall–Kier alpha value is -2.81. The Morgan fingerprint density at radius 3 is 2.43 bits per heavy atom. The Morgan fingerprint density at radius 2 is 1.87 bits per heavy atom. The molecule has 0 amide bonds. The van der Waals surface area contributed by atoms with Crippen LogP contribution in [-0.4, -0.2) is 24.4 Å². The highest BCUT2D eigenvalue weighted by atomic mass is 32.2. The minimum Gasteiger partial charge on any atom is -0.478 e. The summed E-state index contributed by atoms with van der Waals surface area (Å²) < 4.78 is 38.3. The van der Waals surface area contributed by atoms with Gasteiger partial charge in [0.25, 0.3) is 5.69 Å². The molecular weight excluding hydrogens is 329 g/mol. The molecule has 0 atom stereocenters. The van der Waals surface area contributed by atoms with Gasteiger partial charge in [0.15, 0.2) is 9.84 Å². The van der Waals surface area contributed by atoms with E-state index in [0.29, 0.717) is 6.07 Å². The number of nitro groups is 1. The van der Waals surface area contributed by atoms with Gasteiger partial charge in [-0.25, -0.2) is 17.6 Å². The summed E-state index contributed by atoms with van der Waals surface area (Å²) in [4.78, 5) is 20.2. The summed E-state index contributed by atoms with van der Waals surface area (Å²) in [6, 6.07) is 7.61. The van der Waals surface area contributed by atoms with Crippen molar-refractivity contribution < 1.29 is 27.6 Å². The number of nitro benzene ring substituents is 1. The van der Waals surface area contributed by atoms with Crippen molar-refractivity contribution in [1.29, 1.82) is 0 Å². The van der Waals surface area contributed by atoms with Crippen LogP contribution in [0, 0.1) is 15.9 Å². The highest BCUT2D eigenvalue weighted by Gasteiger charge is 2.28. The van der Waals surface area contributed by atoms with Crippen LogP contribution in [0.5, 0.6) is 0 Å². The van der Waals surface area contributed by atoms with Gasteiger partial charge in [0, 0.05) is 11.6 Å². The van der Waals surface area contributed by atoms with E-state index in [1.807, 2.05) is 0 Å². The number of aromatic carboxylic acids is 1. The topological polar surface area (TPSA) is 115 Å². The monoisotopic (exact) mass is 339 g/mol. The standard InChI is InChI=1S/C14H10FNO6S/c15-11-4-2-1-3-10(11)8-23(21,22)13-6-5-9(14(17)18)7-12(13)16(19)20/h1-7H,8H2,(H,17,18). The third-order valence-electron chi connectivity index (χ3n) is 3.04. The van der Waals surface area contributed by atoms with Crippen molar-refractivity contribution in [3.05, 3.63) is 69.5 Å². The van der Waals surface area contributed by atoms with Crippen LogP contribution in [0.25, 0.3) is 0 Å². The number of nitrogens with zero attached hydrogens (tertiary/aromatic N) is 1. The van der Waals surface area contributed by atoms with Crippen LogP contribution in [0.2, 0.25) is 0 Å². The van der Waals surface area contributed by atoms with Crippen molar-refractivity contribution in [2.75, 3.05) is 0 Å². The molecule has 0 bridgehead atoms. The third-order valence-corrected chi connectivity index (χ3v) is 4.75. The molecule has 0 aliphatic carbocycles. The van der Waals surface area contributed by atoms with E-state index in [-0.39, 0.29) is 5.56 Å². The quantitative estimate of drug-likeness (QED) is 0.661. The fourth-order valence-electron chi connectivity index (χ4n) is 1.95. The lowest BCUT2D eigenvalue weighted by atomic mass is 10.2. The second-order valence-corrected chi connectivity index (χ2v) is 6.55. The number of halogens is 1. The van der Waals surface area contributed by atoms with Crippen LogP contribution >= 0.6 is 0 Å². The molecule has 0 aliphatic rings. The third kappa shape index (κ3) is 3.51. The summed E-state index contributed by atoms with van der Waals surface area (Å²) in [6.07, 6.45) is 0. The Balaban J connectivity index is 2.53. The number of carboxylic acid groups (broad SMARTS) is 1. The molecular formula is C14H10FNO6S. The van der Waals surface area contributed by atoms with Crippen molar-refractivity contribution in [3.8, 4) is 0 Å². The van der Waals surface area contributed by atoms with Crippen molar-refractivity contribution in [2.45, 2.75) is 10.6 Å². The maximum Gasteiger partial charge on any atom is 0.335 e. The fourth-order valence-corrected chi connectivity index (χ4v) is 3.48. The lowest BCUT2D eigenvalue weighted by Crippen LogP contribution is -2.10. The van der Waals surface area contributed by atoms with Crippen LogP contribution < -0.4 is 0 Å². The number of rotatable bonds is 5. The predicted octanol–water partition coefficient (Wildman–Crippen LogP) is 2.41. The Labute approximate surface area is 130 Å². The minimum absolute atomic E-state index is 0.135. The molecule has 0 spiro atoms. The van der Waals surface area contributed by atoms with E-state index in [1.54, 1.807) is 0 Å². The van der Waals surface area contributed by atoms with Crippen molar-refractivity contribution in [1.82, 2.24) is 0 Å². The summed E-state index contributed by atoms with van der Waals surface area (Å²) in [5, 5.41) is 19.9. The number of hydrogen-bond acceptors (Lipinski definition) is 5. The minimum atomic E-state index is -4.23. The van der Waals surface area contributed by atoms with E-state index in [0.717, 1.165) is 18.2 Å². The number of carboxylic acids is 1. The SMILES string of the molecule is O=C(O)c1ccc(S(=O)(=O)Cc2ccccc2F)c([N+](=O)[O-])c1. The van der Waals surface area contributed by atoms with Crippen molar-refractivity contribution >= 4 is 21.5 Å². The molecule has 0 aromatic heterocycles. The second-order valence-electron chi connectivity index (χ2n) is 4.60. The van der Waals surface area contributed by atoms with Crippen molar-refractivity contribution in [2.24, 2.45) is 0 Å². The summed E-state index contributed by atoms with van der Waals surface area (Å²) >= 11 is 0. The molecule has 2 rings (SSSR count). The molecule has 0 radical (unpaired) electrons. The molecule has 0 aliphatic heterocycles. The van der Waals surface area contributed by atoms with Crippen LogP contribution in [0.1, 0.15) is 15.9 Å². The highest BCUT2D eigenvalue weighted by Crippen LogP contribution is 2.28. The van der Waals surface area contributed by atoms with E-state index in [2.05, 4.69) is 0 Å². The van der Waals surface area contributed by atoms with Gasteiger partial charge in [0.1, 0.15) is 10.7 Å². The maximum absolute atomic E-state index is 13.6. The molecule has 7 nitrogen and oxygen atoms in total. The lowest BCUT2D eigenvalue weighted by Gasteiger charge is -2.07. The zero-order valence-electron chi connectivity index (χ0n) is 11.5. The van der Waals surface area contributed by atoms with Gasteiger partial charge in [0.2, 0.25) is 0 Å². The molecule has 120 valence electrons. The van der Waals surface area contributed by atoms with Gasteiger partial charge in [-0.05, 0) is 18.2 Å². The van der Waals surface area contributed by atoms with Gasteiger partial charge in [-0.15, -0.1) is 0 Å². The van der Waals surface area contributed by atoms with Crippen molar-refractivity contribution in [3.63, 3.8) is 0 Å². The van der Waals surface area contributed by atoms with Crippen LogP contribution in [0.4, 0.5) is 10.1 Å². The molecule has 0 saturated carbocycles. The van der Waals surface area contributed by atoms with Gasteiger partial charge in [-0.3, -0.25) is 10.1 Å². The summed E-state index contributed by atoms with van der Waals surface area (Å²) in [7, 11) is -4.23. The molecule has 23 heavy (non-hydrogen) atoms. The summed E-state index contributed by atoms with van der Waals surface area (Å²) in [5.74, 6) is -2.94. The molecule has 2 aromatic rings. The average molecular weight is 339 g/mol. The first-order chi connectivity index (χ1) is 10.7. The number of carbonyl (C=O) groups is 1. The van der Waals surface area contributed by atoms with Gasteiger partial charge >= 0.3 is 5.97 Å². The predicted molar refractivity (Wildman–Crippen MR) is 77.3 cm³/mol. The maximum atomic E-state index is 13.6. The molecule has 0 saturated heterocycles. The number of sulfone groups is 1. The van der Waals surface area contributed by atoms with E-state index >= 15 is 0 Å². The molecule has 1 N–H and O–H groups in total. The van der Waals surface area contributed by atoms with E-state index in [4.69, 9.17) is 5.11 Å². The van der Waals surface area contributed by atoms with Crippen LogP contribution in [0.15, 0.2) is 47.4 Å². The van der Waals surface area contributed by atoms with Gasteiger partial charge in [0.05, 0.1) is 16.2 Å². The molecule has 0 heterocycles. The Bertz CT molecular complexity index is 894. The highest BCUT2D eigenvalue weighted by molar-refractivity contribution is 7.90. The summed E-state index contributed by atoms with van der Waals surface area (Å²) in [6.45, 7) is 0. The second kappa shape index (κ2) is 6.13. The molecule has 0 unspecified atom stereocenters. The first-order valence-electron chi connectivity index (χ1n) is 6.20. The number of hydrogen-bond donors (Lipinski definition) is 1. The van der Waals surface area contributed by atoms with Gasteiger partial charge in [-0.2, -0.15) is 0 Å². The number of benzene rings is 2. The Kier molecular flexibility index (Phi) is 4.41. The fraction of sp³-hybridized carbons (Fsp3) is 0.0714. The largest absolute Gasteiger partial charge is 0.478 e. The van der Waals surface area contributed by atoms with E-state index < -0.39 is 48.4 Å². The van der Waals surface area contributed by atoms with Gasteiger partial charge < -0.3 is 5.11 Å². The lowest BCUT2D eigenvalue weighted by molar-refractivity contribution is -0.387. The normalized spacial score (nSPS) is 11.2. The van der Waals surface area contributed by atoms with Crippen LogP contribution in [0.3, 0.4) is 0 Å². The first-order valence-corrected chi connectivity index (χ1v) is 7.85. The van der Waals surface area contributed by atoms with E-state index in [9.17, 15) is 27.7 Å². The molecule has 0 fully saturated rings. The zero-order valence-corrected chi connectivity index (χ0v) is 12.3. The molecule has 2 aromatic carbocycles.